The molecule has 1 saturated carbocycles. The number of hydrogen-bond donors (Lipinski definition) is 2. The Balaban J connectivity index is 0.000000346. The zero-order valence-corrected chi connectivity index (χ0v) is 13.4. The van der Waals surface area contributed by atoms with E-state index in [-0.39, 0.29) is 5.91 Å². The van der Waals surface area contributed by atoms with E-state index in [1.807, 2.05) is 14.0 Å². The highest BCUT2D eigenvalue weighted by Crippen LogP contribution is 2.29. The van der Waals surface area contributed by atoms with E-state index in [2.05, 4.69) is 20.3 Å². The average Bonchev–Trinajstić information content (AvgIpc) is 3.36. The summed E-state index contributed by atoms with van der Waals surface area (Å²) in [4.78, 5) is 25.2. The lowest BCUT2D eigenvalue weighted by Crippen LogP contribution is -2.29. The lowest BCUT2D eigenvalue weighted by Gasteiger charge is -2.16. The first kappa shape index (κ1) is 17.7. The molecule has 1 aromatic rings. The van der Waals surface area contributed by atoms with E-state index in [9.17, 15) is 4.79 Å². The molecule has 1 aromatic heterocycles. The molecule has 2 rings (SSSR count). The van der Waals surface area contributed by atoms with Gasteiger partial charge in [-0.2, -0.15) is 0 Å². The van der Waals surface area contributed by atoms with E-state index < -0.39 is 0 Å². The Kier molecular flexibility index (Phi) is 7.74. The molecule has 0 spiro atoms. The molecule has 0 unspecified atom stereocenters. The second kappa shape index (κ2) is 9.59. The van der Waals surface area contributed by atoms with Crippen LogP contribution in [0, 0.1) is 11.3 Å². The Morgan fingerprint density at radius 2 is 2.14 bits per heavy atom. The third kappa shape index (κ3) is 6.43. The number of nitrogens with zero attached hydrogens (tertiary/aromatic N) is 4. The van der Waals surface area contributed by atoms with Gasteiger partial charge in [0.1, 0.15) is 6.34 Å². The van der Waals surface area contributed by atoms with Crippen LogP contribution in [0.25, 0.3) is 0 Å². The summed E-state index contributed by atoms with van der Waals surface area (Å²) in [6.45, 7) is 2.82. The Hall–Kier alpha value is -2.31. The van der Waals surface area contributed by atoms with Crippen molar-refractivity contribution >= 4 is 24.4 Å². The quantitative estimate of drug-likeness (QED) is 0.621. The summed E-state index contributed by atoms with van der Waals surface area (Å²) >= 11 is 0. The molecule has 0 atom stereocenters. The van der Waals surface area contributed by atoms with Gasteiger partial charge in [-0.1, -0.05) is 6.92 Å². The van der Waals surface area contributed by atoms with Crippen LogP contribution in [-0.4, -0.2) is 54.0 Å². The van der Waals surface area contributed by atoms with Crippen LogP contribution >= 0.6 is 0 Å². The van der Waals surface area contributed by atoms with Crippen LogP contribution in [0.1, 0.15) is 36.5 Å². The van der Waals surface area contributed by atoms with Gasteiger partial charge >= 0.3 is 0 Å². The van der Waals surface area contributed by atoms with Gasteiger partial charge in [-0.05, 0) is 25.2 Å². The number of hydrogen-bond acceptors (Lipinski definition) is 5. The van der Waals surface area contributed by atoms with Crippen LogP contribution in [0.15, 0.2) is 17.4 Å². The van der Waals surface area contributed by atoms with E-state index in [1.54, 1.807) is 30.6 Å². The van der Waals surface area contributed by atoms with Crippen molar-refractivity contribution in [2.45, 2.75) is 26.2 Å². The number of rotatable bonds is 6. The van der Waals surface area contributed by atoms with Crippen LogP contribution in [0.4, 0.5) is 5.95 Å². The van der Waals surface area contributed by atoms with Crippen molar-refractivity contribution in [1.29, 1.82) is 5.41 Å². The molecule has 0 bridgehead atoms. The molecule has 1 heterocycles. The molecule has 0 radical (unpaired) electrons. The van der Waals surface area contributed by atoms with Gasteiger partial charge in [0, 0.05) is 39.2 Å². The second-order valence-electron chi connectivity index (χ2n) is 5.04. The first-order chi connectivity index (χ1) is 10.6. The van der Waals surface area contributed by atoms with Crippen molar-refractivity contribution in [2.24, 2.45) is 10.9 Å². The number of carbonyl (C=O) groups excluding carboxylic acids is 1. The number of aliphatic imine (C=N–C) groups is 1. The smallest absolute Gasteiger partial charge is 0.256 e. The Labute approximate surface area is 131 Å². The Morgan fingerprint density at radius 3 is 2.55 bits per heavy atom. The maximum atomic E-state index is 11.9. The maximum absolute atomic E-state index is 11.9. The normalized spacial score (nSPS) is 13.2. The van der Waals surface area contributed by atoms with Crippen LogP contribution < -0.4 is 5.32 Å². The van der Waals surface area contributed by atoms with Crippen LogP contribution in [0.2, 0.25) is 0 Å². The largest absolute Gasteiger partial charge is 0.357 e. The molecular formula is C15H24N6O. The minimum Gasteiger partial charge on any atom is -0.357 e. The molecule has 1 fully saturated rings. The summed E-state index contributed by atoms with van der Waals surface area (Å²) in [6, 6.07) is 0. The Morgan fingerprint density at radius 1 is 1.50 bits per heavy atom. The number of aromatic nitrogens is 2. The lowest BCUT2D eigenvalue weighted by molar-refractivity contribution is 0.0788. The van der Waals surface area contributed by atoms with Gasteiger partial charge in [0.2, 0.25) is 5.95 Å². The summed E-state index contributed by atoms with van der Waals surface area (Å²) in [5.41, 5.74) is 0.544. The molecule has 0 saturated heterocycles. The molecule has 1 aliphatic rings. The van der Waals surface area contributed by atoms with E-state index in [0.29, 0.717) is 17.4 Å². The molecule has 120 valence electrons. The summed E-state index contributed by atoms with van der Waals surface area (Å²) in [7, 11) is 3.57. The van der Waals surface area contributed by atoms with Gasteiger partial charge < -0.3 is 10.2 Å². The summed E-state index contributed by atoms with van der Waals surface area (Å²) < 4.78 is 0. The highest BCUT2D eigenvalue weighted by Gasteiger charge is 2.25. The van der Waals surface area contributed by atoms with Gasteiger partial charge in [-0.25, -0.2) is 15.0 Å². The number of anilines is 1. The lowest BCUT2D eigenvalue weighted by atomic mass is 10.3. The minimum atomic E-state index is -0.00504. The first-order valence-electron chi connectivity index (χ1n) is 7.38. The number of amides is 1. The minimum absolute atomic E-state index is 0.00504. The third-order valence-electron chi connectivity index (χ3n) is 3.06. The van der Waals surface area contributed by atoms with Gasteiger partial charge in [0.15, 0.2) is 0 Å². The summed E-state index contributed by atoms with van der Waals surface area (Å²) in [6.07, 6.45) is 9.24. The van der Waals surface area contributed by atoms with E-state index in [4.69, 9.17) is 5.41 Å². The van der Waals surface area contributed by atoms with Gasteiger partial charge in [-0.3, -0.25) is 10.2 Å². The predicted octanol–water partition coefficient (Wildman–Crippen LogP) is 2.07. The highest BCUT2D eigenvalue weighted by molar-refractivity contribution is 5.93. The summed E-state index contributed by atoms with van der Waals surface area (Å²) in [5, 5.41) is 9.20. The van der Waals surface area contributed by atoms with Crippen molar-refractivity contribution < 1.29 is 4.79 Å². The average molecular weight is 304 g/mol. The predicted molar refractivity (Wildman–Crippen MR) is 88.8 cm³/mol. The standard InChI is InChI=1S/C11H16N4O.C4H8N2/c1-12-11-13-5-9(6-14-11)10(16)15(2)7-8-3-4-8;1-2-3-6-4-5/h5-6,8H,3-4,7H2,1-2H3,(H,12,13,14);3-5H,2H2,1H3. The number of nitrogens with one attached hydrogen (secondary N) is 2. The maximum Gasteiger partial charge on any atom is 0.256 e. The zero-order valence-electron chi connectivity index (χ0n) is 13.4. The fourth-order valence-corrected chi connectivity index (χ4v) is 1.72. The van der Waals surface area contributed by atoms with Gasteiger partial charge in [-0.15, -0.1) is 0 Å². The van der Waals surface area contributed by atoms with E-state index >= 15 is 0 Å². The fraction of sp³-hybridized carbons (Fsp3) is 0.533. The van der Waals surface area contributed by atoms with Gasteiger partial charge in [0.25, 0.3) is 5.91 Å². The molecule has 7 nitrogen and oxygen atoms in total. The topological polar surface area (TPSA) is 94.3 Å². The van der Waals surface area contributed by atoms with Crippen LogP contribution in [0.5, 0.6) is 0 Å². The van der Waals surface area contributed by atoms with E-state index in [1.165, 1.54) is 12.8 Å². The molecule has 1 aliphatic carbocycles. The molecular weight excluding hydrogens is 280 g/mol. The second-order valence-corrected chi connectivity index (χ2v) is 5.04. The first-order valence-corrected chi connectivity index (χ1v) is 7.38. The molecule has 22 heavy (non-hydrogen) atoms. The molecule has 0 aliphatic heterocycles. The van der Waals surface area contributed by atoms with Crippen molar-refractivity contribution in [1.82, 2.24) is 14.9 Å². The van der Waals surface area contributed by atoms with E-state index in [0.717, 1.165) is 19.3 Å². The molecule has 2 N–H and O–H groups in total. The molecule has 7 heteroatoms. The molecule has 0 aromatic carbocycles. The van der Waals surface area contributed by atoms with Crippen LogP contribution in [0.3, 0.4) is 0 Å². The van der Waals surface area contributed by atoms with Crippen LogP contribution in [-0.2, 0) is 0 Å². The Bertz CT molecular complexity index is 495. The van der Waals surface area contributed by atoms with Crippen molar-refractivity contribution in [3.8, 4) is 0 Å². The highest BCUT2D eigenvalue weighted by atomic mass is 16.2. The fourth-order valence-electron chi connectivity index (χ4n) is 1.72. The summed E-state index contributed by atoms with van der Waals surface area (Å²) in [5.74, 6) is 1.22. The molecule has 1 amide bonds. The van der Waals surface area contributed by atoms with Crippen molar-refractivity contribution in [3.63, 3.8) is 0 Å². The van der Waals surface area contributed by atoms with Crippen molar-refractivity contribution in [3.05, 3.63) is 18.0 Å². The zero-order chi connectivity index (χ0) is 16.4. The third-order valence-corrected chi connectivity index (χ3v) is 3.06. The van der Waals surface area contributed by atoms with Gasteiger partial charge in [0.05, 0.1) is 5.56 Å². The number of carbonyl (C=O) groups is 1. The monoisotopic (exact) mass is 304 g/mol. The SMILES string of the molecule is CCC=NC=N.CNc1ncc(C(=O)N(C)CC2CC2)cn1. The van der Waals surface area contributed by atoms with Crippen molar-refractivity contribution in [2.75, 3.05) is 26.0 Å².